The second-order valence-electron chi connectivity index (χ2n) is 2.99. The Morgan fingerprint density at radius 2 is 1.94 bits per heavy atom. The van der Waals surface area contributed by atoms with Crippen molar-refractivity contribution in [2.24, 2.45) is 0 Å². The van der Waals surface area contributed by atoms with Crippen molar-refractivity contribution in [3.63, 3.8) is 0 Å². The van der Waals surface area contributed by atoms with Crippen molar-refractivity contribution in [3.05, 3.63) is 28.8 Å². The number of alkyl halides is 5. The zero-order chi connectivity index (χ0) is 13.2. The standard InChI is InChI=1S/C9H4F6N2/c10-6-4(1-2-16)5(8(11)12)3-17-7(6)9(13,14)15/h3,8H,1H2. The smallest absolute Gasteiger partial charge is 0.248 e. The second-order valence-corrected chi connectivity index (χ2v) is 2.99. The monoisotopic (exact) mass is 254 g/mol. The SMILES string of the molecule is N#CCc1c(C(F)F)cnc(C(F)(F)F)c1F. The summed E-state index contributed by atoms with van der Waals surface area (Å²) in [5, 5.41) is 8.28. The molecule has 0 radical (unpaired) electrons. The van der Waals surface area contributed by atoms with Crippen LogP contribution in [0, 0.1) is 17.1 Å². The summed E-state index contributed by atoms with van der Waals surface area (Å²) in [7, 11) is 0. The minimum atomic E-state index is -5.09. The molecule has 0 atom stereocenters. The minimum absolute atomic E-state index is 0.239. The van der Waals surface area contributed by atoms with Gasteiger partial charge in [-0.1, -0.05) is 0 Å². The zero-order valence-electron chi connectivity index (χ0n) is 8.02. The molecule has 0 aliphatic carbocycles. The first kappa shape index (κ1) is 13.3. The Labute approximate surface area is 91.5 Å². The Kier molecular flexibility index (Phi) is 3.60. The van der Waals surface area contributed by atoms with E-state index < -0.39 is 41.7 Å². The largest absolute Gasteiger partial charge is 0.436 e. The van der Waals surface area contributed by atoms with Gasteiger partial charge in [0, 0.05) is 17.3 Å². The van der Waals surface area contributed by atoms with E-state index in [1.54, 1.807) is 0 Å². The molecule has 0 N–H and O–H groups in total. The maximum absolute atomic E-state index is 13.3. The van der Waals surface area contributed by atoms with Crippen molar-refractivity contribution in [1.82, 2.24) is 4.98 Å². The number of nitrogens with zero attached hydrogens (tertiary/aromatic N) is 2. The van der Waals surface area contributed by atoms with Crippen LogP contribution in [0.25, 0.3) is 0 Å². The van der Waals surface area contributed by atoms with E-state index in [1.807, 2.05) is 0 Å². The van der Waals surface area contributed by atoms with E-state index in [1.165, 1.54) is 6.07 Å². The van der Waals surface area contributed by atoms with Crippen LogP contribution in [0.1, 0.15) is 23.2 Å². The number of halogens is 6. The van der Waals surface area contributed by atoms with E-state index in [0.717, 1.165) is 0 Å². The van der Waals surface area contributed by atoms with Gasteiger partial charge < -0.3 is 0 Å². The molecule has 1 aromatic heterocycles. The van der Waals surface area contributed by atoms with Crippen LogP contribution in [0.2, 0.25) is 0 Å². The first-order chi connectivity index (χ1) is 7.79. The van der Waals surface area contributed by atoms with Crippen LogP contribution >= 0.6 is 0 Å². The van der Waals surface area contributed by atoms with Crippen LogP contribution in [0.4, 0.5) is 26.3 Å². The van der Waals surface area contributed by atoms with Gasteiger partial charge in [-0.3, -0.25) is 0 Å². The quantitative estimate of drug-likeness (QED) is 0.759. The Morgan fingerprint density at radius 1 is 1.35 bits per heavy atom. The molecule has 17 heavy (non-hydrogen) atoms. The average Bonchev–Trinajstić information content (AvgIpc) is 2.18. The number of rotatable bonds is 2. The lowest BCUT2D eigenvalue weighted by Gasteiger charge is -2.12. The maximum Gasteiger partial charge on any atom is 0.436 e. The van der Waals surface area contributed by atoms with Gasteiger partial charge in [-0.2, -0.15) is 18.4 Å². The van der Waals surface area contributed by atoms with Crippen LogP contribution in [-0.2, 0) is 12.6 Å². The van der Waals surface area contributed by atoms with Crippen LogP contribution < -0.4 is 0 Å². The number of nitriles is 1. The van der Waals surface area contributed by atoms with Gasteiger partial charge in [-0.25, -0.2) is 18.2 Å². The van der Waals surface area contributed by atoms with E-state index in [2.05, 4.69) is 4.98 Å². The molecule has 2 nitrogen and oxygen atoms in total. The lowest BCUT2D eigenvalue weighted by atomic mass is 10.1. The Morgan fingerprint density at radius 3 is 2.35 bits per heavy atom. The highest BCUT2D eigenvalue weighted by Crippen LogP contribution is 2.34. The Balaban J connectivity index is 3.45. The Bertz CT molecular complexity index is 460. The highest BCUT2D eigenvalue weighted by Gasteiger charge is 2.38. The third-order valence-electron chi connectivity index (χ3n) is 1.91. The highest BCUT2D eigenvalue weighted by molar-refractivity contribution is 5.32. The summed E-state index contributed by atoms with van der Waals surface area (Å²) in [6.45, 7) is 0. The normalized spacial score (nSPS) is 11.6. The van der Waals surface area contributed by atoms with E-state index in [0.29, 0.717) is 0 Å². The summed E-state index contributed by atoms with van der Waals surface area (Å²) in [5.41, 5.74) is -3.87. The van der Waals surface area contributed by atoms with Gasteiger partial charge in [0.1, 0.15) is 0 Å². The molecular formula is C9H4F6N2. The van der Waals surface area contributed by atoms with Crippen LogP contribution in [0.3, 0.4) is 0 Å². The van der Waals surface area contributed by atoms with E-state index in [4.69, 9.17) is 5.26 Å². The fourth-order valence-corrected chi connectivity index (χ4v) is 1.18. The fraction of sp³-hybridized carbons (Fsp3) is 0.333. The molecule has 0 saturated carbocycles. The van der Waals surface area contributed by atoms with Crippen LogP contribution in [0.15, 0.2) is 6.20 Å². The van der Waals surface area contributed by atoms with E-state index in [-0.39, 0.29) is 6.20 Å². The third-order valence-corrected chi connectivity index (χ3v) is 1.91. The van der Waals surface area contributed by atoms with Gasteiger partial charge >= 0.3 is 6.18 Å². The molecule has 8 heteroatoms. The summed E-state index contributed by atoms with van der Waals surface area (Å²) in [6.07, 6.45) is -8.92. The first-order valence-corrected chi connectivity index (χ1v) is 4.18. The molecule has 0 unspecified atom stereocenters. The Hall–Kier alpha value is -1.78. The molecule has 0 aromatic carbocycles. The molecule has 1 rings (SSSR count). The summed E-state index contributed by atoms with van der Waals surface area (Å²) in [5.74, 6) is -1.92. The first-order valence-electron chi connectivity index (χ1n) is 4.18. The predicted octanol–water partition coefficient (Wildman–Crippen LogP) is 3.24. The highest BCUT2D eigenvalue weighted by atomic mass is 19.4. The third kappa shape index (κ3) is 2.67. The molecule has 92 valence electrons. The van der Waals surface area contributed by atoms with Gasteiger partial charge in [0.05, 0.1) is 12.5 Å². The van der Waals surface area contributed by atoms with Gasteiger partial charge in [-0.15, -0.1) is 0 Å². The van der Waals surface area contributed by atoms with Gasteiger partial charge in [-0.05, 0) is 0 Å². The fourth-order valence-electron chi connectivity index (χ4n) is 1.18. The predicted molar refractivity (Wildman–Crippen MR) is 43.5 cm³/mol. The van der Waals surface area contributed by atoms with Gasteiger partial charge in [0.2, 0.25) is 0 Å². The van der Waals surface area contributed by atoms with Crippen molar-refractivity contribution in [1.29, 1.82) is 5.26 Å². The molecule has 0 fully saturated rings. The average molecular weight is 254 g/mol. The topological polar surface area (TPSA) is 36.7 Å². The molecule has 0 saturated heterocycles. The van der Waals surface area contributed by atoms with E-state index >= 15 is 0 Å². The molecular weight excluding hydrogens is 250 g/mol. The van der Waals surface area contributed by atoms with Crippen molar-refractivity contribution in [2.75, 3.05) is 0 Å². The summed E-state index contributed by atoms with van der Waals surface area (Å²) in [4.78, 5) is 2.62. The lowest BCUT2D eigenvalue weighted by Crippen LogP contribution is -2.14. The van der Waals surface area contributed by atoms with Crippen molar-refractivity contribution in [2.45, 2.75) is 19.0 Å². The van der Waals surface area contributed by atoms with Crippen LogP contribution in [0.5, 0.6) is 0 Å². The summed E-state index contributed by atoms with van der Waals surface area (Å²) >= 11 is 0. The van der Waals surface area contributed by atoms with Crippen molar-refractivity contribution < 1.29 is 26.3 Å². The zero-order valence-corrected chi connectivity index (χ0v) is 8.02. The molecule has 0 aliphatic heterocycles. The number of pyridine rings is 1. The molecule has 0 amide bonds. The number of hydrogen-bond acceptors (Lipinski definition) is 2. The van der Waals surface area contributed by atoms with Gasteiger partial charge in [0.15, 0.2) is 11.5 Å². The molecule has 0 aliphatic rings. The van der Waals surface area contributed by atoms with Gasteiger partial charge in [0.25, 0.3) is 6.43 Å². The lowest BCUT2D eigenvalue weighted by molar-refractivity contribution is -0.143. The maximum atomic E-state index is 13.3. The molecule has 1 heterocycles. The number of aromatic nitrogens is 1. The summed E-state index contributed by atoms with van der Waals surface area (Å²) in [6, 6.07) is 1.33. The van der Waals surface area contributed by atoms with Crippen molar-refractivity contribution in [3.8, 4) is 6.07 Å². The molecule has 0 bridgehead atoms. The van der Waals surface area contributed by atoms with E-state index in [9.17, 15) is 26.3 Å². The minimum Gasteiger partial charge on any atom is -0.248 e. The molecule has 0 spiro atoms. The number of hydrogen-bond donors (Lipinski definition) is 0. The molecule has 1 aromatic rings. The van der Waals surface area contributed by atoms with Crippen molar-refractivity contribution >= 4 is 0 Å². The van der Waals surface area contributed by atoms with Crippen LogP contribution in [-0.4, -0.2) is 4.98 Å². The second kappa shape index (κ2) is 4.61. The summed E-state index contributed by atoms with van der Waals surface area (Å²) < 4.78 is 74.7.